The summed E-state index contributed by atoms with van der Waals surface area (Å²) in [5.41, 5.74) is 4.32. The minimum Gasteiger partial charge on any atom is -0.494 e. The van der Waals surface area contributed by atoms with Crippen molar-refractivity contribution >= 4 is 11.9 Å². The van der Waals surface area contributed by atoms with Crippen molar-refractivity contribution < 1.29 is 23.8 Å². The van der Waals surface area contributed by atoms with Gasteiger partial charge in [-0.1, -0.05) is 62.4 Å². The molecule has 2 saturated heterocycles. The Morgan fingerprint density at radius 1 is 0.758 bits per heavy atom. The molecule has 2 aliphatic rings. The van der Waals surface area contributed by atoms with Gasteiger partial charge in [0, 0.05) is 24.0 Å². The molecule has 2 atom stereocenters. The Bertz CT molecular complexity index is 987. The van der Waals surface area contributed by atoms with Crippen LogP contribution in [0.1, 0.15) is 56.6 Å². The zero-order valence-corrected chi connectivity index (χ0v) is 18.9. The summed E-state index contributed by atoms with van der Waals surface area (Å²) in [6, 6.07) is 16.2. The first-order chi connectivity index (χ1) is 16.0. The number of benzene rings is 2. The second-order valence-electron chi connectivity index (χ2n) is 8.73. The third-order valence-electron chi connectivity index (χ3n) is 6.17. The van der Waals surface area contributed by atoms with Crippen molar-refractivity contribution in [1.82, 2.24) is 0 Å². The molecule has 5 heteroatoms. The summed E-state index contributed by atoms with van der Waals surface area (Å²) in [7, 11) is 0. The Morgan fingerprint density at radius 3 is 1.97 bits per heavy atom. The van der Waals surface area contributed by atoms with E-state index >= 15 is 0 Å². The predicted molar refractivity (Wildman–Crippen MR) is 127 cm³/mol. The predicted octanol–water partition coefficient (Wildman–Crippen LogP) is 6.10. The Morgan fingerprint density at radius 2 is 1.36 bits per heavy atom. The fourth-order valence-electron chi connectivity index (χ4n) is 4.19. The largest absolute Gasteiger partial charge is 0.494 e. The summed E-state index contributed by atoms with van der Waals surface area (Å²) in [4.78, 5) is 22.9. The zero-order valence-electron chi connectivity index (χ0n) is 18.9. The van der Waals surface area contributed by atoms with Gasteiger partial charge in [0.25, 0.3) is 0 Å². The lowest BCUT2D eigenvalue weighted by Crippen LogP contribution is -2.06. The van der Waals surface area contributed by atoms with Crippen LogP contribution in [0.3, 0.4) is 0 Å². The molecule has 0 bridgehead atoms. The first-order valence-corrected chi connectivity index (χ1v) is 11.6. The van der Waals surface area contributed by atoms with Gasteiger partial charge in [-0.3, -0.25) is 0 Å². The lowest BCUT2D eigenvalue weighted by Gasteiger charge is -2.11. The van der Waals surface area contributed by atoms with Crippen molar-refractivity contribution in [2.75, 3.05) is 6.61 Å². The number of ether oxygens (including phenoxy) is 3. The van der Waals surface area contributed by atoms with Gasteiger partial charge in [-0.25, -0.2) is 9.59 Å². The molecule has 0 aromatic heterocycles. The number of esters is 2. The average Bonchev–Trinajstić information content (AvgIpc) is 3.33. The van der Waals surface area contributed by atoms with Gasteiger partial charge in [0.05, 0.1) is 6.61 Å². The molecule has 4 rings (SSSR count). The molecule has 2 aromatic carbocycles. The number of hydrogen-bond acceptors (Lipinski definition) is 5. The van der Waals surface area contributed by atoms with Gasteiger partial charge >= 0.3 is 11.9 Å². The maximum Gasteiger partial charge on any atom is 0.334 e. The quantitative estimate of drug-likeness (QED) is 0.251. The number of unbranched alkanes of at least 4 members (excludes halogenated alkanes) is 3. The number of carbonyl (C=O) groups is 2. The average molecular weight is 447 g/mol. The highest BCUT2D eigenvalue weighted by Gasteiger charge is 2.28. The molecule has 0 N–H and O–H groups in total. The van der Waals surface area contributed by atoms with E-state index in [9.17, 15) is 9.59 Å². The van der Waals surface area contributed by atoms with E-state index in [1.807, 2.05) is 36.4 Å². The minimum atomic E-state index is -0.303. The van der Waals surface area contributed by atoms with Crippen LogP contribution in [-0.4, -0.2) is 24.6 Å². The molecule has 172 valence electrons. The van der Waals surface area contributed by atoms with Crippen LogP contribution in [-0.2, 0) is 19.1 Å². The van der Waals surface area contributed by atoms with Crippen LogP contribution in [0.5, 0.6) is 5.75 Å². The first-order valence-electron chi connectivity index (χ1n) is 11.6. The summed E-state index contributed by atoms with van der Waals surface area (Å²) in [6.45, 7) is 8.15. The SMILES string of the molecule is C=C1CC(CCCCCCOc2ccc(-c3ccc(C4CC(=C)C(=O)O4)cc3)cc2)OC1=O. The van der Waals surface area contributed by atoms with E-state index in [1.165, 1.54) is 0 Å². The highest BCUT2D eigenvalue weighted by atomic mass is 16.6. The monoisotopic (exact) mass is 446 g/mol. The van der Waals surface area contributed by atoms with Crippen LogP contribution in [0.4, 0.5) is 0 Å². The molecule has 2 heterocycles. The third-order valence-corrected chi connectivity index (χ3v) is 6.17. The molecule has 2 unspecified atom stereocenters. The van der Waals surface area contributed by atoms with Crippen molar-refractivity contribution in [3.05, 3.63) is 78.4 Å². The minimum absolute atomic E-state index is 0.0243. The van der Waals surface area contributed by atoms with Crippen molar-refractivity contribution in [2.24, 2.45) is 0 Å². The van der Waals surface area contributed by atoms with Crippen LogP contribution in [0.25, 0.3) is 11.1 Å². The summed E-state index contributed by atoms with van der Waals surface area (Å²) in [5.74, 6) is 0.324. The van der Waals surface area contributed by atoms with E-state index in [2.05, 4.69) is 25.3 Å². The molecular formula is C28H30O5. The van der Waals surface area contributed by atoms with Gasteiger partial charge in [-0.2, -0.15) is 0 Å². The maximum atomic E-state index is 11.5. The van der Waals surface area contributed by atoms with Gasteiger partial charge in [0.2, 0.25) is 0 Å². The summed E-state index contributed by atoms with van der Waals surface area (Å²) in [6.07, 6.45) is 6.18. The molecule has 2 aliphatic heterocycles. The summed E-state index contributed by atoms with van der Waals surface area (Å²) in [5, 5.41) is 0. The standard InChI is InChI=1S/C28H30O5/c1-19-17-25(32-27(19)29)7-5-3-4-6-16-31-24-14-12-22(13-15-24)21-8-10-23(11-9-21)26-18-20(2)28(30)33-26/h8-15,25-26H,1-7,16-18H2. The topological polar surface area (TPSA) is 61.8 Å². The summed E-state index contributed by atoms with van der Waals surface area (Å²) >= 11 is 0. The van der Waals surface area contributed by atoms with Crippen molar-refractivity contribution in [3.63, 3.8) is 0 Å². The van der Waals surface area contributed by atoms with Gasteiger partial charge in [-0.05, 0) is 48.1 Å². The van der Waals surface area contributed by atoms with Crippen LogP contribution in [0.15, 0.2) is 72.8 Å². The van der Waals surface area contributed by atoms with Crippen LogP contribution in [0.2, 0.25) is 0 Å². The lowest BCUT2D eigenvalue weighted by atomic mass is 10.00. The van der Waals surface area contributed by atoms with E-state index in [1.54, 1.807) is 0 Å². The van der Waals surface area contributed by atoms with Crippen molar-refractivity contribution in [3.8, 4) is 16.9 Å². The first kappa shape index (κ1) is 22.8. The van der Waals surface area contributed by atoms with E-state index in [-0.39, 0.29) is 24.1 Å². The van der Waals surface area contributed by atoms with E-state index in [0.717, 1.165) is 54.5 Å². The molecule has 0 radical (unpaired) electrons. The number of cyclic esters (lactones) is 2. The fourth-order valence-corrected chi connectivity index (χ4v) is 4.19. The van der Waals surface area contributed by atoms with Gasteiger partial charge < -0.3 is 14.2 Å². The number of hydrogen-bond donors (Lipinski definition) is 0. The molecule has 0 amide bonds. The molecule has 5 nitrogen and oxygen atoms in total. The molecule has 0 spiro atoms. The smallest absolute Gasteiger partial charge is 0.334 e. The second-order valence-corrected chi connectivity index (χ2v) is 8.73. The zero-order chi connectivity index (χ0) is 23.2. The van der Waals surface area contributed by atoms with Crippen LogP contribution < -0.4 is 4.74 Å². The Hall–Kier alpha value is -3.34. The van der Waals surface area contributed by atoms with Gasteiger partial charge in [0.15, 0.2) is 0 Å². The van der Waals surface area contributed by atoms with Crippen LogP contribution in [0, 0.1) is 0 Å². The van der Waals surface area contributed by atoms with E-state index in [0.29, 0.717) is 30.6 Å². The molecule has 2 aromatic rings. The maximum absolute atomic E-state index is 11.5. The fraction of sp³-hybridized carbons (Fsp3) is 0.357. The third kappa shape index (κ3) is 5.92. The Labute approximate surface area is 195 Å². The molecule has 0 saturated carbocycles. The highest BCUT2D eigenvalue weighted by Crippen LogP contribution is 2.33. The van der Waals surface area contributed by atoms with Gasteiger partial charge in [-0.15, -0.1) is 0 Å². The van der Waals surface area contributed by atoms with E-state index in [4.69, 9.17) is 14.2 Å². The Balaban J connectivity index is 1.15. The lowest BCUT2D eigenvalue weighted by molar-refractivity contribution is -0.140. The van der Waals surface area contributed by atoms with E-state index < -0.39 is 0 Å². The molecule has 2 fully saturated rings. The molecular weight excluding hydrogens is 416 g/mol. The van der Waals surface area contributed by atoms with Crippen molar-refractivity contribution in [2.45, 2.75) is 57.2 Å². The van der Waals surface area contributed by atoms with Crippen molar-refractivity contribution in [1.29, 1.82) is 0 Å². The summed E-state index contributed by atoms with van der Waals surface area (Å²) < 4.78 is 16.5. The molecule has 0 aliphatic carbocycles. The van der Waals surface area contributed by atoms with Crippen LogP contribution >= 0.6 is 0 Å². The number of carbonyl (C=O) groups excluding carboxylic acids is 2. The molecule has 33 heavy (non-hydrogen) atoms. The highest BCUT2D eigenvalue weighted by molar-refractivity contribution is 5.90. The second kappa shape index (κ2) is 10.5. The Kier molecular flexibility index (Phi) is 7.28. The number of rotatable bonds is 10. The van der Waals surface area contributed by atoms with Gasteiger partial charge in [0.1, 0.15) is 18.0 Å². The normalized spacial score (nSPS) is 20.1.